The average molecular weight is 817 g/mol. The van der Waals surface area contributed by atoms with Gasteiger partial charge < -0.3 is 18.9 Å². The van der Waals surface area contributed by atoms with E-state index in [-0.39, 0.29) is 0 Å². The van der Waals surface area contributed by atoms with Crippen molar-refractivity contribution in [1.82, 2.24) is 0 Å². The van der Waals surface area contributed by atoms with E-state index in [0.29, 0.717) is 35.8 Å². The molecule has 0 bridgehead atoms. The molecule has 322 valence electrons. The van der Waals surface area contributed by atoms with E-state index < -0.39 is 11.9 Å². The van der Waals surface area contributed by atoms with Crippen molar-refractivity contribution in [2.75, 3.05) is 26.3 Å². The minimum Gasteiger partial charge on any atom is -0.494 e. The molecule has 0 saturated carbocycles. The van der Waals surface area contributed by atoms with Crippen LogP contribution in [0.2, 0.25) is 0 Å². The van der Waals surface area contributed by atoms with Crippen molar-refractivity contribution in [1.29, 1.82) is 0 Å². The van der Waals surface area contributed by atoms with Gasteiger partial charge in [-0.15, -0.1) is 0 Å². The minimum atomic E-state index is -0.391. The highest BCUT2D eigenvalue weighted by Gasteiger charge is 2.10. The summed E-state index contributed by atoms with van der Waals surface area (Å²) >= 11 is 0. The maximum Gasteiger partial charge on any atom is 0.343 e. The molecular formula is C52H68N2O6. The Morgan fingerprint density at radius 1 is 0.400 bits per heavy atom. The molecule has 4 aromatic rings. The molecule has 0 spiro atoms. The molecule has 0 unspecified atom stereocenters. The van der Waals surface area contributed by atoms with E-state index >= 15 is 0 Å². The normalized spacial score (nSPS) is 11.3. The number of rotatable bonds is 31. The van der Waals surface area contributed by atoms with Crippen molar-refractivity contribution >= 4 is 24.4 Å². The zero-order valence-electron chi connectivity index (χ0n) is 36.3. The van der Waals surface area contributed by atoms with Crippen LogP contribution in [0.5, 0.6) is 23.0 Å². The fourth-order valence-corrected chi connectivity index (χ4v) is 6.55. The molecule has 0 atom stereocenters. The number of unbranched alkanes of at least 4 members (excludes halogenated alkanes) is 15. The van der Waals surface area contributed by atoms with Crippen LogP contribution in [0.15, 0.2) is 107 Å². The number of esters is 2. The molecule has 0 heterocycles. The van der Waals surface area contributed by atoms with Crippen LogP contribution in [-0.2, 0) is 0 Å². The quantitative estimate of drug-likeness (QED) is 0.0217. The van der Waals surface area contributed by atoms with Crippen LogP contribution in [0.4, 0.5) is 0 Å². The minimum absolute atomic E-state index is 0.391. The lowest BCUT2D eigenvalue weighted by atomic mass is 10.1. The van der Waals surface area contributed by atoms with Crippen molar-refractivity contribution < 1.29 is 28.5 Å². The standard InChI is InChI=1S/C52H68N2O6/c1-3-5-7-9-15-19-39-57-47-33-25-45(26-34-47)51(55)59-49-29-21-43(22-30-49)41-53-37-17-13-11-12-14-18-38-54-42-44-23-31-50(32-24-44)60-52(56)46-27-35-48(36-28-46)58-40-20-16-10-8-6-4-2/h21-36,41-42H,3-20,37-40H2,1-2H3. The van der Waals surface area contributed by atoms with Crippen LogP contribution >= 0.6 is 0 Å². The molecular weight excluding hydrogens is 749 g/mol. The Labute approximate surface area is 359 Å². The summed E-state index contributed by atoms with van der Waals surface area (Å²) in [5.74, 6) is 1.77. The molecule has 0 fully saturated rings. The maximum atomic E-state index is 12.6. The second-order valence-electron chi connectivity index (χ2n) is 15.4. The first-order valence-electron chi connectivity index (χ1n) is 22.6. The lowest BCUT2D eigenvalue weighted by Gasteiger charge is -2.08. The van der Waals surface area contributed by atoms with Gasteiger partial charge in [-0.25, -0.2) is 9.59 Å². The van der Waals surface area contributed by atoms with E-state index in [4.69, 9.17) is 18.9 Å². The maximum absolute atomic E-state index is 12.6. The molecule has 0 aliphatic carbocycles. The molecule has 0 radical (unpaired) electrons. The third-order valence-corrected chi connectivity index (χ3v) is 10.2. The van der Waals surface area contributed by atoms with Gasteiger partial charge in [0.1, 0.15) is 23.0 Å². The summed E-state index contributed by atoms with van der Waals surface area (Å²) in [4.78, 5) is 34.4. The van der Waals surface area contributed by atoms with E-state index in [2.05, 4.69) is 23.8 Å². The van der Waals surface area contributed by atoms with Gasteiger partial charge in [-0.1, -0.05) is 104 Å². The number of nitrogens with zero attached hydrogens (tertiary/aromatic N) is 2. The first-order valence-corrected chi connectivity index (χ1v) is 22.6. The average Bonchev–Trinajstić information content (AvgIpc) is 3.27. The molecule has 0 aliphatic rings. The van der Waals surface area contributed by atoms with Crippen molar-refractivity contribution in [3.05, 3.63) is 119 Å². The predicted octanol–water partition coefficient (Wildman–Crippen LogP) is 13.5. The number of hydrogen-bond acceptors (Lipinski definition) is 8. The smallest absolute Gasteiger partial charge is 0.343 e. The lowest BCUT2D eigenvalue weighted by Crippen LogP contribution is -2.08. The first-order chi connectivity index (χ1) is 29.5. The molecule has 60 heavy (non-hydrogen) atoms. The number of benzene rings is 4. The zero-order valence-corrected chi connectivity index (χ0v) is 36.3. The van der Waals surface area contributed by atoms with E-state index in [1.165, 1.54) is 77.0 Å². The lowest BCUT2D eigenvalue weighted by molar-refractivity contribution is 0.0725. The van der Waals surface area contributed by atoms with Gasteiger partial charge in [-0.3, -0.25) is 9.98 Å². The van der Waals surface area contributed by atoms with Gasteiger partial charge in [0.15, 0.2) is 0 Å². The fourth-order valence-electron chi connectivity index (χ4n) is 6.55. The Morgan fingerprint density at radius 3 is 1.08 bits per heavy atom. The van der Waals surface area contributed by atoms with Crippen LogP contribution < -0.4 is 18.9 Å². The highest BCUT2D eigenvalue weighted by Crippen LogP contribution is 2.19. The molecule has 8 heteroatoms. The topological polar surface area (TPSA) is 95.8 Å². The molecule has 4 rings (SSSR count). The summed E-state index contributed by atoms with van der Waals surface area (Å²) < 4.78 is 22.8. The van der Waals surface area contributed by atoms with Gasteiger partial charge >= 0.3 is 11.9 Å². The third kappa shape index (κ3) is 20.1. The summed E-state index contributed by atoms with van der Waals surface area (Å²) in [6.45, 7) is 7.42. The van der Waals surface area contributed by atoms with Crippen molar-refractivity contribution in [2.45, 2.75) is 129 Å². The number of carbonyl (C=O) groups is 2. The van der Waals surface area contributed by atoms with Gasteiger partial charge in [0.2, 0.25) is 0 Å². The molecule has 0 amide bonds. The van der Waals surface area contributed by atoms with Crippen molar-refractivity contribution in [2.24, 2.45) is 9.98 Å². The first kappa shape index (κ1) is 47.4. The highest BCUT2D eigenvalue weighted by atomic mass is 16.5. The van der Waals surface area contributed by atoms with Crippen LogP contribution in [0.1, 0.15) is 161 Å². The summed E-state index contributed by atoms with van der Waals surface area (Å²) in [6.07, 6.45) is 25.2. The molecule has 0 aliphatic heterocycles. The molecule has 8 nitrogen and oxygen atoms in total. The Bertz CT molecular complexity index is 1670. The Kier molecular flexibility index (Phi) is 23.6. The SMILES string of the molecule is CCCCCCCCOc1ccc(C(=O)Oc2ccc(C=NCCCCCCCCN=Cc3ccc(OC(=O)c4ccc(OCCCCCCCC)cc4)cc3)cc2)cc1. The van der Waals surface area contributed by atoms with Gasteiger partial charge in [-0.2, -0.15) is 0 Å². The molecule has 4 aromatic carbocycles. The van der Waals surface area contributed by atoms with Gasteiger partial charge in [0.05, 0.1) is 24.3 Å². The molecule has 0 aromatic heterocycles. The Hall–Kier alpha value is -5.24. The van der Waals surface area contributed by atoms with Crippen molar-refractivity contribution in [3.8, 4) is 23.0 Å². The van der Waals surface area contributed by atoms with Crippen LogP contribution in [0.3, 0.4) is 0 Å². The van der Waals surface area contributed by atoms with Crippen LogP contribution in [-0.4, -0.2) is 50.7 Å². The zero-order chi connectivity index (χ0) is 42.3. The predicted molar refractivity (Wildman–Crippen MR) is 246 cm³/mol. The summed E-state index contributed by atoms with van der Waals surface area (Å²) in [5, 5.41) is 0. The second-order valence-corrected chi connectivity index (χ2v) is 15.4. The van der Waals surface area contributed by atoms with Crippen LogP contribution in [0, 0.1) is 0 Å². The van der Waals surface area contributed by atoms with Crippen molar-refractivity contribution in [3.63, 3.8) is 0 Å². The fraction of sp³-hybridized carbons (Fsp3) is 0.462. The molecule has 0 saturated heterocycles. The summed E-state index contributed by atoms with van der Waals surface area (Å²) in [5.41, 5.74) is 2.93. The summed E-state index contributed by atoms with van der Waals surface area (Å²) in [7, 11) is 0. The van der Waals surface area contributed by atoms with E-state index in [0.717, 1.165) is 74.2 Å². The second kappa shape index (κ2) is 29.9. The number of aliphatic imine (C=N–C) groups is 2. The van der Waals surface area contributed by atoms with Crippen LogP contribution in [0.25, 0.3) is 0 Å². The Morgan fingerprint density at radius 2 is 0.717 bits per heavy atom. The highest BCUT2D eigenvalue weighted by molar-refractivity contribution is 5.92. The van der Waals surface area contributed by atoms with Gasteiger partial charge in [-0.05, 0) is 134 Å². The summed E-state index contributed by atoms with van der Waals surface area (Å²) in [6, 6.07) is 29.1. The Balaban J connectivity index is 0.990. The molecule has 0 N–H and O–H groups in total. The number of hydrogen-bond donors (Lipinski definition) is 0. The van der Waals surface area contributed by atoms with E-state index in [1.54, 1.807) is 48.5 Å². The van der Waals surface area contributed by atoms with E-state index in [1.807, 2.05) is 61.0 Å². The number of ether oxygens (including phenoxy) is 4. The largest absolute Gasteiger partial charge is 0.494 e. The third-order valence-electron chi connectivity index (χ3n) is 10.2. The van der Waals surface area contributed by atoms with Gasteiger partial charge in [0.25, 0.3) is 0 Å². The van der Waals surface area contributed by atoms with Gasteiger partial charge in [0, 0.05) is 25.5 Å². The number of carbonyl (C=O) groups excluding carboxylic acids is 2. The monoisotopic (exact) mass is 817 g/mol. The van der Waals surface area contributed by atoms with E-state index in [9.17, 15) is 9.59 Å².